The van der Waals surface area contributed by atoms with Crippen molar-refractivity contribution < 1.29 is 28.9 Å². The van der Waals surface area contributed by atoms with Crippen LogP contribution in [0.15, 0.2) is 6.20 Å². The lowest BCUT2D eigenvalue weighted by atomic mass is 10.1. The van der Waals surface area contributed by atoms with E-state index in [0.717, 1.165) is 11.8 Å². The number of hydrogen-bond donors (Lipinski definition) is 1. The third kappa shape index (κ3) is 5.44. The highest BCUT2D eigenvalue weighted by atomic mass is 32.2. The second-order valence-corrected chi connectivity index (χ2v) is 5.05. The number of aryl methyl sites for hydroxylation is 1. The van der Waals surface area contributed by atoms with Gasteiger partial charge in [-0.3, -0.25) is 4.98 Å². The van der Waals surface area contributed by atoms with Crippen molar-refractivity contribution in [3.05, 3.63) is 23.0 Å². The van der Waals surface area contributed by atoms with Crippen molar-refractivity contribution in [2.75, 3.05) is 13.2 Å². The van der Waals surface area contributed by atoms with Gasteiger partial charge in [-0.2, -0.15) is 0 Å². The topological polar surface area (TPSA) is 95.0 Å². The van der Waals surface area contributed by atoms with Gasteiger partial charge >= 0.3 is 11.5 Å². The monoisotopic (exact) mass is 329 g/mol. The average Bonchev–Trinajstić information content (AvgIpc) is 2.48. The summed E-state index contributed by atoms with van der Waals surface area (Å²) in [7, 11) is 0. The van der Waals surface area contributed by atoms with E-state index >= 15 is 0 Å². The van der Waals surface area contributed by atoms with Crippen LogP contribution in [0.3, 0.4) is 0 Å². The van der Waals surface area contributed by atoms with Crippen LogP contribution in [0, 0.1) is 6.92 Å². The Balaban J connectivity index is 2.81. The minimum absolute atomic E-state index is 0.0637. The largest absolute Gasteiger partial charge is 0.508 e. The molecule has 1 N–H and O–H groups in total. The normalized spacial score (nSPS) is 10.1. The van der Waals surface area contributed by atoms with Gasteiger partial charge in [-0.15, -0.1) is 0 Å². The van der Waals surface area contributed by atoms with Crippen LogP contribution < -0.4 is 0 Å². The molecule has 8 heteroatoms. The number of thioether (sulfide) groups is 1. The number of nitrogens with zero attached hydrogens (tertiary/aromatic N) is 1. The van der Waals surface area contributed by atoms with Gasteiger partial charge in [0.15, 0.2) is 0 Å². The molecule has 1 aromatic heterocycles. The van der Waals surface area contributed by atoms with E-state index in [4.69, 9.17) is 9.47 Å². The lowest BCUT2D eigenvalue weighted by Crippen LogP contribution is -2.09. The number of pyridine rings is 1. The zero-order valence-corrected chi connectivity index (χ0v) is 13.6. The van der Waals surface area contributed by atoms with E-state index in [9.17, 15) is 14.7 Å². The molecule has 0 aliphatic heterocycles. The molecule has 22 heavy (non-hydrogen) atoms. The van der Waals surface area contributed by atoms with Crippen molar-refractivity contribution in [2.45, 2.75) is 33.1 Å². The van der Waals surface area contributed by atoms with Gasteiger partial charge in [-0.05, 0) is 38.1 Å². The molecule has 1 rings (SSSR count). The number of hydrogen-bond acceptors (Lipinski definition) is 8. The van der Waals surface area contributed by atoms with Crippen molar-refractivity contribution in [2.24, 2.45) is 0 Å². The minimum Gasteiger partial charge on any atom is -0.506 e. The second kappa shape index (κ2) is 9.14. The van der Waals surface area contributed by atoms with Gasteiger partial charge in [0.2, 0.25) is 0 Å². The summed E-state index contributed by atoms with van der Waals surface area (Å²) in [5, 5.41) is 9.65. The molecule has 0 fully saturated rings. The summed E-state index contributed by atoms with van der Waals surface area (Å²) in [6, 6.07) is 0. The lowest BCUT2D eigenvalue weighted by Gasteiger charge is -2.12. The highest BCUT2D eigenvalue weighted by Gasteiger charge is 2.16. The van der Waals surface area contributed by atoms with Crippen LogP contribution in [0.1, 0.15) is 30.7 Å². The minimum atomic E-state index is -0.819. The third-order valence-corrected chi connectivity index (χ3v) is 3.44. The maximum atomic E-state index is 11.4. The SMILES string of the molecule is CCOC(=O)OCc1c(CSC(=O)OCC)cnc(C)c1O. The molecule has 0 saturated carbocycles. The summed E-state index contributed by atoms with van der Waals surface area (Å²) in [6.07, 6.45) is 0.714. The Morgan fingerprint density at radius 1 is 1.23 bits per heavy atom. The molecule has 122 valence electrons. The average molecular weight is 329 g/mol. The smallest absolute Gasteiger partial charge is 0.506 e. The highest BCUT2D eigenvalue weighted by Crippen LogP contribution is 2.28. The first-order chi connectivity index (χ1) is 10.5. The maximum absolute atomic E-state index is 11.4. The molecule has 7 nitrogen and oxygen atoms in total. The van der Waals surface area contributed by atoms with Crippen LogP contribution in [-0.2, 0) is 26.6 Å². The Hall–Kier alpha value is -1.96. The van der Waals surface area contributed by atoms with Gasteiger partial charge in [0, 0.05) is 17.5 Å². The van der Waals surface area contributed by atoms with E-state index in [1.807, 2.05) is 0 Å². The number of aromatic nitrogens is 1. The van der Waals surface area contributed by atoms with Crippen LogP contribution in [0.25, 0.3) is 0 Å². The van der Waals surface area contributed by atoms with Crippen molar-refractivity contribution in [3.8, 4) is 5.75 Å². The number of rotatable bonds is 6. The Morgan fingerprint density at radius 3 is 2.55 bits per heavy atom. The van der Waals surface area contributed by atoms with Gasteiger partial charge in [0.1, 0.15) is 12.4 Å². The molecule has 0 unspecified atom stereocenters. The Kier molecular flexibility index (Phi) is 7.51. The fourth-order valence-electron chi connectivity index (χ4n) is 1.56. The van der Waals surface area contributed by atoms with Crippen molar-refractivity contribution in [1.82, 2.24) is 4.98 Å². The number of carbonyl (C=O) groups excluding carboxylic acids is 2. The quantitative estimate of drug-likeness (QED) is 0.795. The molecule has 0 atom stereocenters. The van der Waals surface area contributed by atoms with E-state index in [0.29, 0.717) is 23.4 Å². The molecular formula is C14H19NO6S. The first-order valence-electron chi connectivity index (χ1n) is 6.74. The number of carbonyl (C=O) groups is 2. The fraction of sp³-hybridized carbons (Fsp3) is 0.500. The molecule has 1 aromatic rings. The second-order valence-electron chi connectivity index (χ2n) is 4.14. The Morgan fingerprint density at radius 2 is 1.91 bits per heavy atom. The summed E-state index contributed by atoms with van der Waals surface area (Å²) in [4.78, 5) is 26.7. The lowest BCUT2D eigenvalue weighted by molar-refractivity contribution is 0.0530. The summed E-state index contributed by atoms with van der Waals surface area (Å²) in [6.45, 7) is 5.35. The summed E-state index contributed by atoms with van der Waals surface area (Å²) < 4.78 is 14.4. The van der Waals surface area contributed by atoms with Crippen LogP contribution in [0.5, 0.6) is 5.75 Å². The van der Waals surface area contributed by atoms with Gasteiger partial charge < -0.3 is 19.3 Å². The third-order valence-electron chi connectivity index (χ3n) is 2.63. The zero-order valence-electron chi connectivity index (χ0n) is 12.7. The van der Waals surface area contributed by atoms with Crippen LogP contribution in [0.4, 0.5) is 9.59 Å². The molecule has 0 saturated heterocycles. The van der Waals surface area contributed by atoms with E-state index in [-0.39, 0.29) is 24.7 Å². The Labute approximate surface area is 133 Å². The maximum Gasteiger partial charge on any atom is 0.508 e. The summed E-state index contributed by atoms with van der Waals surface area (Å²) in [5.74, 6) is 0.188. The molecule has 0 aromatic carbocycles. The first kappa shape index (κ1) is 18.1. The molecule has 0 amide bonds. The van der Waals surface area contributed by atoms with Gasteiger partial charge in [0.05, 0.1) is 18.9 Å². The predicted molar refractivity (Wildman–Crippen MR) is 80.8 cm³/mol. The number of aromatic hydroxyl groups is 1. The predicted octanol–water partition coefficient (Wildman–Crippen LogP) is 3.16. The Bertz CT molecular complexity index is 534. The van der Waals surface area contributed by atoms with Gasteiger partial charge in [0.25, 0.3) is 0 Å². The van der Waals surface area contributed by atoms with Crippen LogP contribution >= 0.6 is 11.8 Å². The van der Waals surface area contributed by atoms with E-state index in [1.54, 1.807) is 20.8 Å². The molecular weight excluding hydrogens is 310 g/mol. The van der Waals surface area contributed by atoms with Crippen molar-refractivity contribution in [3.63, 3.8) is 0 Å². The summed E-state index contributed by atoms with van der Waals surface area (Å²) in [5.41, 5.74) is 1.40. The molecule has 0 aliphatic carbocycles. The molecule has 1 heterocycles. The van der Waals surface area contributed by atoms with Gasteiger partial charge in [-0.25, -0.2) is 9.59 Å². The molecule has 0 bridgehead atoms. The van der Waals surface area contributed by atoms with Crippen LogP contribution in [-0.4, -0.2) is 34.8 Å². The van der Waals surface area contributed by atoms with E-state index in [2.05, 4.69) is 9.72 Å². The molecule has 0 aliphatic rings. The van der Waals surface area contributed by atoms with Crippen LogP contribution in [0.2, 0.25) is 0 Å². The number of ether oxygens (including phenoxy) is 3. The molecule has 0 spiro atoms. The van der Waals surface area contributed by atoms with Crippen molar-refractivity contribution in [1.29, 1.82) is 0 Å². The molecule has 0 radical (unpaired) electrons. The van der Waals surface area contributed by atoms with E-state index in [1.165, 1.54) is 6.20 Å². The summed E-state index contributed by atoms with van der Waals surface area (Å²) >= 11 is 0.943. The van der Waals surface area contributed by atoms with Gasteiger partial charge in [-0.1, -0.05) is 0 Å². The van der Waals surface area contributed by atoms with Crippen molar-refractivity contribution >= 4 is 23.2 Å². The zero-order chi connectivity index (χ0) is 16.5. The first-order valence-corrected chi connectivity index (χ1v) is 7.73. The van der Waals surface area contributed by atoms with E-state index < -0.39 is 11.5 Å². The highest BCUT2D eigenvalue weighted by molar-refractivity contribution is 8.12. The fourth-order valence-corrected chi connectivity index (χ4v) is 2.28. The standard InChI is InChI=1S/C14H19NO6S/c1-4-19-13(17)21-7-11-10(6-15-9(3)12(11)16)8-22-14(18)20-5-2/h6,16H,4-5,7-8H2,1-3H3.